The molecule has 0 aliphatic rings. The van der Waals surface area contributed by atoms with Gasteiger partial charge >= 0.3 is 0 Å². The van der Waals surface area contributed by atoms with Crippen LogP contribution in [0.1, 0.15) is 41.6 Å². The van der Waals surface area contributed by atoms with E-state index in [0.29, 0.717) is 0 Å². The molecule has 20 heavy (non-hydrogen) atoms. The average molecular weight is 332 g/mol. The van der Waals surface area contributed by atoms with Gasteiger partial charge in [-0.25, -0.2) is 0 Å². The first-order valence-electron chi connectivity index (χ1n) is 7.18. The number of aryl methyl sites for hydroxylation is 2. The number of benzene rings is 2. The van der Waals surface area contributed by atoms with Gasteiger partial charge < -0.3 is 5.32 Å². The van der Waals surface area contributed by atoms with Gasteiger partial charge in [0.1, 0.15) is 0 Å². The topological polar surface area (TPSA) is 12.0 Å². The molecule has 2 aromatic carbocycles. The molecular formula is C18H22BrN. The van der Waals surface area contributed by atoms with Crippen molar-refractivity contribution >= 4 is 15.9 Å². The van der Waals surface area contributed by atoms with Gasteiger partial charge in [0.2, 0.25) is 0 Å². The lowest BCUT2D eigenvalue weighted by Gasteiger charge is -2.18. The summed E-state index contributed by atoms with van der Waals surface area (Å²) in [4.78, 5) is 0. The van der Waals surface area contributed by atoms with Gasteiger partial charge in [0.15, 0.2) is 0 Å². The largest absolute Gasteiger partial charge is 0.309 e. The summed E-state index contributed by atoms with van der Waals surface area (Å²) < 4.78 is 1.16. The van der Waals surface area contributed by atoms with Gasteiger partial charge in [-0.05, 0) is 48.7 Å². The van der Waals surface area contributed by atoms with Crippen molar-refractivity contribution < 1.29 is 0 Å². The summed E-state index contributed by atoms with van der Waals surface area (Å²) in [5, 5.41) is 3.42. The van der Waals surface area contributed by atoms with Crippen LogP contribution >= 0.6 is 15.9 Å². The van der Waals surface area contributed by atoms with E-state index in [1.807, 2.05) is 7.05 Å². The molecule has 0 bridgehead atoms. The summed E-state index contributed by atoms with van der Waals surface area (Å²) in [6.07, 6.45) is 2.35. The third-order valence-corrected chi connectivity index (χ3v) is 4.55. The van der Waals surface area contributed by atoms with E-state index >= 15 is 0 Å². The maximum atomic E-state index is 3.56. The zero-order valence-corrected chi connectivity index (χ0v) is 14.0. The van der Waals surface area contributed by atoms with E-state index < -0.39 is 0 Å². The first kappa shape index (κ1) is 15.3. The van der Waals surface area contributed by atoms with Crippen LogP contribution in [0.25, 0.3) is 0 Å². The molecule has 0 aliphatic carbocycles. The monoisotopic (exact) mass is 331 g/mol. The normalized spacial score (nSPS) is 12.4. The second kappa shape index (κ2) is 7.05. The average Bonchev–Trinajstić information content (AvgIpc) is 2.46. The van der Waals surface area contributed by atoms with Crippen LogP contribution in [-0.4, -0.2) is 7.05 Å². The predicted octanol–water partition coefficient (Wildman–Crippen LogP) is 5.02. The fraction of sp³-hybridized carbons (Fsp3) is 0.333. The Bertz CT molecular complexity index is 560. The van der Waals surface area contributed by atoms with Crippen LogP contribution in [0.3, 0.4) is 0 Å². The first-order valence-corrected chi connectivity index (χ1v) is 7.97. The van der Waals surface area contributed by atoms with E-state index in [4.69, 9.17) is 0 Å². The van der Waals surface area contributed by atoms with Crippen LogP contribution in [0, 0.1) is 6.92 Å². The smallest absolute Gasteiger partial charge is 0.0574 e. The summed E-state index contributed by atoms with van der Waals surface area (Å²) in [6, 6.07) is 15.8. The van der Waals surface area contributed by atoms with E-state index in [1.54, 1.807) is 0 Å². The van der Waals surface area contributed by atoms with Gasteiger partial charge in [-0.1, -0.05) is 65.7 Å². The maximum Gasteiger partial charge on any atom is 0.0574 e. The molecule has 1 nitrogen and oxygen atoms in total. The van der Waals surface area contributed by atoms with Crippen molar-refractivity contribution in [3.05, 3.63) is 69.2 Å². The highest BCUT2D eigenvalue weighted by molar-refractivity contribution is 9.10. The third-order valence-electron chi connectivity index (χ3n) is 3.66. The van der Waals surface area contributed by atoms with Crippen molar-refractivity contribution in [2.45, 2.75) is 32.7 Å². The minimum absolute atomic E-state index is 0.248. The number of halogens is 1. The highest BCUT2D eigenvalue weighted by atomic mass is 79.9. The Morgan fingerprint density at radius 3 is 2.25 bits per heavy atom. The minimum atomic E-state index is 0.248. The number of nitrogens with one attached hydrogen (secondary N) is 1. The quantitative estimate of drug-likeness (QED) is 0.811. The summed E-state index contributed by atoms with van der Waals surface area (Å²) in [7, 11) is 2.02. The molecule has 0 heterocycles. The van der Waals surface area contributed by atoms with Crippen LogP contribution in [0.5, 0.6) is 0 Å². The molecule has 0 amide bonds. The number of rotatable bonds is 5. The lowest BCUT2D eigenvalue weighted by molar-refractivity contribution is 0.690. The van der Waals surface area contributed by atoms with Crippen molar-refractivity contribution in [1.82, 2.24) is 5.32 Å². The summed E-state index contributed by atoms with van der Waals surface area (Å²) in [5.74, 6) is 0. The Hall–Kier alpha value is -1.12. The third kappa shape index (κ3) is 3.50. The summed E-state index contributed by atoms with van der Waals surface area (Å²) in [6.45, 7) is 4.35. The molecule has 0 saturated carbocycles. The molecule has 2 rings (SSSR count). The first-order chi connectivity index (χ1) is 9.65. The molecule has 1 atom stereocenters. The van der Waals surface area contributed by atoms with Crippen LogP contribution in [0.2, 0.25) is 0 Å². The number of hydrogen-bond donors (Lipinski definition) is 1. The summed E-state index contributed by atoms with van der Waals surface area (Å²) in [5.41, 5.74) is 5.30. The van der Waals surface area contributed by atoms with Crippen molar-refractivity contribution in [3.8, 4) is 0 Å². The van der Waals surface area contributed by atoms with Gasteiger partial charge in [-0.15, -0.1) is 0 Å². The minimum Gasteiger partial charge on any atom is -0.309 e. The fourth-order valence-electron chi connectivity index (χ4n) is 2.54. The van der Waals surface area contributed by atoms with E-state index in [9.17, 15) is 0 Å². The van der Waals surface area contributed by atoms with Crippen LogP contribution in [-0.2, 0) is 6.42 Å². The molecule has 106 valence electrons. The highest BCUT2D eigenvalue weighted by Crippen LogP contribution is 2.26. The molecule has 0 aliphatic heterocycles. The molecule has 0 saturated heterocycles. The van der Waals surface area contributed by atoms with E-state index in [2.05, 4.69) is 77.6 Å². The molecule has 0 spiro atoms. The van der Waals surface area contributed by atoms with Crippen molar-refractivity contribution in [3.63, 3.8) is 0 Å². The predicted molar refractivity (Wildman–Crippen MR) is 90.2 cm³/mol. The van der Waals surface area contributed by atoms with E-state index in [0.717, 1.165) is 10.9 Å². The van der Waals surface area contributed by atoms with Crippen LogP contribution in [0.4, 0.5) is 0 Å². The molecule has 0 aromatic heterocycles. The van der Waals surface area contributed by atoms with E-state index in [-0.39, 0.29) is 6.04 Å². The van der Waals surface area contributed by atoms with Gasteiger partial charge in [0.25, 0.3) is 0 Å². The molecule has 2 heteroatoms. The zero-order chi connectivity index (χ0) is 14.5. The Kier molecular flexibility index (Phi) is 5.38. The Labute approximate surface area is 130 Å². The van der Waals surface area contributed by atoms with Gasteiger partial charge in [0, 0.05) is 4.47 Å². The SMILES string of the molecule is CCCc1ccc(C(NC)c2ccc(Br)c(C)c2)cc1. The lowest BCUT2D eigenvalue weighted by Crippen LogP contribution is -2.17. The lowest BCUT2D eigenvalue weighted by atomic mass is 9.96. The fourth-order valence-corrected chi connectivity index (χ4v) is 2.79. The highest BCUT2D eigenvalue weighted by Gasteiger charge is 2.12. The van der Waals surface area contributed by atoms with Crippen LogP contribution in [0.15, 0.2) is 46.9 Å². The second-order valence-corrected chi connectivity index (χ2v) is 6.08. The van der Waals surface area contributed by atoms with Crippen molar-refractivity contribution in [2.75, 3.05) is 7.05 Å². The van der Waals surface area contributed by atoms with Crippen molar-refractivity contribution in [2.24, 2.45) is 0 Å². The van der Waals surface area contributed by atoms with Gasteiger partial charge in [-0.3, -0.25) is 0 Å². The molecular weight excluding hydrogens is 310 g/mol. The van der Waals surface area contributed by atoms with E-state index in [1.165, 1.54) is 28.7 Å². The maximum absolute atomic E-state index is 3.56. The van der Waals surface area contributed by atoms with Crippen LogP contribution < -0.4 is 5.32 Å². The van der Waals surface area contributed by atoms with Gasteiger partial charge in [-0.2, -0.15) is 0 Å². The Morgan fingerprint density at radius 1 is 1.05 bits per heavy atom. The molecule has 0 fully saturated rings. The molecule has 2 aromatic rings. The van der Waals surface area contributed by atoms with Gasteiger partial charge in [0.05, 0.1) is 6.04 Å². The zero-order valence-electron chi connectivity index (χ0n) is 12.4. The standard InChI is InChI=1S/C18H22BrN/c1-4-5-14-6-8-15(9-7-14)18(20-3)16-10-11-17(19)13(2)12-16/h6-12,18,20H,4-5H2,1-3H3. The molecule has 0 radical (unpaired) electrons. The molecule has 1 N–H and O–H groups in total. The number of hydrogen-bond acceptors (Lipinski definition) is 1. The van der Waals surface area contributed by atoms with Crippen molar-refractivity contribution in [1.29, 1.82) is 0 Å². The molecule has 1 unspecified atom stereocenters. The Balaban J connectivity index is 2.29. The Morgan fingerprint density at radius 2 is 1.70 bits per heavy atom. The summed E-state index contributed by atoms with van der Waals surface area (Å²) >= 11 is 3.56. The second-order valence-electron chi connectivity index (χ2n) is 5.22.